The number of ether oxygens (including phenoxy) is 1. The highest BCUT2D eigenvalue weighted by Gasteiger charge is 2.31. The third-order valence-corrected chi connectivity index (χ3v) is 7.31. The molecule has 0 bridgehead atoms. The van der Waals surface area contributed by atoms with Crippen LogP contribution in [-0.4, -0.2) is 57.1 Å². The van der Waals surface area contributed by atoms with E-state index >= 15 is 0 Å². The minimum Gasteiger partial charge on any atom is -0.495 e. The van der Waals surface area contributed by atoms with E-state index in [0.717, 1.165) is 32.6 Å². The topological polar surface area (TPSA) is 96.0 Å². The Labute approximate surface area is 216 Å². The molecule has 35 heavy (non-hydrogen) atoms. The number of anilines is 1. The second-order valence-corrected chi connectivity index (χ2v) is 11.4. The standard InChI is InChI=1S/C25H34BrN3O5S/c1-7-18(3)27-25(31)19(4)28(15-20-9-8-10-21(26)14-20)24(30)16-29(35(6,32)33)22-13-17(2)11-12-23(22)34-5/h8-14,18-19H,7,15-16H2,1-6H3,(H,27,31)/t18-,19-/m0/s1. The maximum Gasteiger partial charge on any atom is 0.244 e. The molecule has 0 heterocycles. The number of aryl methyl sites for hydroxylation is 1. The van der Waals surface area contributed by atoms with Crippen LogP contribution in [0, 0.1) is 6.92 Å². The zero-order valence-electron chi connectivity index (χ0n) is 21.0. The van der Waals surface area contributed by atoms with E-state index in [1.165, 1.54) is 12.0 Å². The molecule has 1 N–H and O–H groups in total. The molecule has 2 aromatic carbocycles. The number of nitrogens with one attached hydrogen (secondary N) is 1. The van der Waals surface area contributed by atoms with Gasteiger partial charge >= 0.3 is 0 Å². The minimum atomic E-state index is -3.85. The van der Waals surface area contributed by atoms with Crippen molar-refractivity contribution in [3.8, 4) is 5.75 Å². The molecule has 0 aliphatic carbocycles. The molecule has 0 unspecified atom stereocenters. The fourth-order valence-corrected chi connectivity index (χ4v) is 4.76. The predicted molar refractivity (Wildman–Crippen MR) is 142 cm³/mol. The van der Waals surface area contributed by atoms with Crippen LogP contribution in [0.15, 0.2) is 46.9 Å². The summed E-state index contributed by atoms with van der Waals surface area (Å²) in [6, 6.07) is 11.6. The van der Waals surface area contributed by atoms with Crippen molar-refractivity contribution in [2.45, 2.75) is 52.7 Å². The van der Waals surface area contributed by atoms with Crippen LogP contribution in [-0.2, 0) is 26.2 Å². The van der Waals surface area contributed by atoms with Gasteiger partial charge in [0.25, 0.3) is 0 Å². The summed E-state index contributed by atoms with van der Waals surface area (Å²) in [5.74, 6) is -0.484. The van der Waals surface area contributed by atoms with E-state index < -0.39 is 28.5 Å². The van der Waals surface area contributed by atoms with Crippen molar-refractivity contribution < 1.29 is 22.7 Å². The smallest absolute Gasteiger partial charge is 0.244 e. The maximum absolute atomic E-state index is 13.6. The van der Waals surface area contributed by atoms with Gasteiger partial charge in [0, 0.05) is 17.1 Å². The van der Waals surface area contributed by atoms with Crippen molar-refractivity contribution in [1.82, 2.24) is 10.2 Å². The van der Waals surface area contributed by atoms with Crippen LogP contribution in [0.2, 0.25) is 0 Å². The van der Waals surface area contributed by atoms with Crippen molar-refractivity contribution in [1.29, 1.82) is 0 Å². The first kappa shape index (κ1) is 28.6. The van der Waals surface area contributed by atoms with Gasteiger partial charge in [0.2, 0.25) is 21.8 Å². The number of halogens is 1. The molecule has 2 amide bonds. The Hall–Kier alpha value is -2.59. The third kappa shape index (κ3) is 7.96. The summed E-state index contributed by atoms with van der Waals surface area (Å²) in [4.78, 5) is 28.0. The normalized spacial score (nSPS) is 13.0. The van der Waals surface area contributed by atoms with E-state index in [0.29, 0.717) is 5.75 Å². The van der Waals surface area contributed by atoms with E-state index in [1.807, 2.05) is 45.0 Å². The van der Waals surface area contributed by atoms with Gasteiger partial charge in [0.1, 0.15) is 18.3 Å². The summed E-state index contributed by atoms with van der Waals surface area (Å²) in [5.41, 5.74) is 1.88. The number of hydrogen-bond donors (Lipinski definition) is 1. The average Bonchev–Trinajstić information content (AvgIpc) is 2.79. The molecule has 0 saturated heterocycles. The largest absolute Gasteiger partial charge is 0.495 e. The SMILES string of the molecule is CC[C@H](C)NC(=O)[C@H](C)N(Cc1cccc(Br)c1)C(=O)CN(c1cc(C)ccc1OC)S(C)(=O)=O. The van der Waals surface area contributed by atoms with Crippen molar-refractivity contribution in [3.63, 3.8) is 0 Å². The van der Waals surface area contributed by atoms with Gasteiger partial charge in [-0.25, -0.2) is 8.42 Å². The number of rotatable bonds is 11. The first-order valence-corrected chi connectivity index (χ1v) is 14.0. The van der Waals surface area contributed by atoms with E-state index in [9.17, 15) is 18.0 Å². The van der Waals surface area contributed by atoms with Crippen LogP contribution in [0.4, 0.5) is 5.69 Å². The Bertz CT molecular complexity index is 1160. The number of methoxy groups -OCH3 is 1. The maximum atomic E-state index is 13.6. The molecule has 192 valence electrons. The number of nitrogens with zero attached hydrogens (tertiary/aromatic N) is 2. The Morgan fingerprint density at radius 3 is 2.40 bits per heavy atom. The summed E-state index contributed by atoms with van der Waals surface area (Å²) >= 11 is 3.43. The van der Waals surface area contributed by atoms with Gasteiger partial charge in [-0.3, -0.25) is 13.9 Å². The summed E-state index contributed by atoms with van der Waals surface area (Å²) in [7, 11) is -2.40. The molecule has 0 aromatic heterocycles. The van der Waals surface area contributed by atoms with E-state index in [1.54, 1.807) is 25.1 Å². The Morgan fingerprint density at radius 2 is 1.83 bits per heavy atom. The highest BCUT2D eigenvalue weighted by Crippen LogP contribution is 2.31. The molecular formula is C25H34BrN3O5S. The molecule has 0 aliphatic heterocycles. The van der Waals surface area contributed by atoms with Crippen molar-refractivity contribution in [2.75, 3.05) is 24.2 Å². The zero-order valence-corrected chi connectivity index (χ0v) is 23.4. The lowest BCUT2D eigenvalue weighted by atomic mass is 10.1. The molecule has 2 aromatic rings. The highest BCUT2D eigenvalue weighted by molar-refractivity contribution is 9.10. The molecule has 0 saturated carbocycles. The fraction of sp³-hybridized carbons (Fsp3) is 0.440. The Kier molecular flexibility index (Phi) is 10.1. The third-order valence-electron chi connectivity index (χ3n) is 5.69. The number of carbonyl (C=O) groups excluding carboxylic acids is 2. The number of hydrogen-bond acceptors (Lipinski definition) is 5. The molecule has 0 radical (unpaired) electrons. The van der Waals surface area contributed by atoms with Gasteiger partial charge in [0.05, 0.1) is 19.1 Å². The van der Waals surface area contributed by atoms with Crippen LogP contribution >= 0.6 is 15.9 Å². The first-order chi connectivity index (χ1) is 16.4. The van der Waals surface area contributed by atoms with Gasteiger partial charge in [0.15, 0.2) is 0 Å². The lowest BCUT2D eigenvalue weighted by molar-refractivity contribution is -0.139. The quantitative estimate of drug-likeness (QED) is 0.444. The van der Waals surface area contributed by atoms with Gasteiger partial charge in [-0.2, -0.15) is 0 Å². The predicted octanol–water partition coefficient (Wildman–Crippen LogP) is 3.86. The minimum absolute atomic E-state index is 0.0585. The molecule has 10 heteroatoms. The molecule has 0 fully saturated rings. The second-order valence-electron chi connectivity index (χ2n) is 8.59. The summed E-state index contributed by atoms with van der Waals surface area (Å²) in [6.45, 7) is 6.97. The summed E-state index contributed by atoms with van der Waals surface area (Å²) < 4.78 is 32.8. The van der Waals surface area contributed by atoms with Gasteiger partial charge in [-0.1, -0.05) is 41.1 Å². The monoisotopic (exact) mass is 567 g/mol. The van der Waals surface area contributed by atoms with Crippen molar-refractivity contribution in [2.24, 2.45) is 0 Å². The molecule has 2 rings (SSSR count). The lowest BCUT2D eigenvalue weighted by Crippen LogP contribution is -2.52. The van der Waals surface area contributed by atoms with Crippen molar-refractivity contribution in [3.05, 3.63) is 58.1 Å². The fourth-order valence-electron chi connectivity index (χ4n) is 3.47. The van der Waals surface area contributed by atoms with Crippen LogP contribution in [0.25, 0.3) is 0 Å². The number of carbonyl (C=O) groups is 2. The second kappa shape index (κ2) is 12.4. The number of sulfonamides is 1. The lowest BCUT2D eigenvalue weighted by Gasteiger charge is -2.32. The number of amides is 2. The van der Waals surface area contributed by atoms with Crippen molar-refractivity contribution >= 4 is 43.5 Å². The first-order valence-electron chi connectivity index (χ1n) is 11.3. The van der Waals surface area contributed by atoms with E-state index in [2.05, 4.69) is 21.2 Å². The zero-order chi connectivity index (χ0) is 26.3. The van der Waals surface area contributed by atoms with E-state index in [4.69, 9.17) is 4.74 Å². The van der Waals surface area contributed by atoms with Gasteiger partial charge < -0.3 is 15.0 Å². The van der Waals surface area contributed by atoms with Gasteiger partial charge in [-0.15, -0.1) is 0 Å². The van der Waals surface area contributed by atoms with Crippen LogP contribution in [0.3, 0.4) is 0 Å². The van der Waals surface area contributed by atoms with E-state index in [-0.39, 0.29) is 24.2 Å². The van der Waals surface area contributed by atoms with Crippen LogP contribution < -0.4 is 14.4 Å². The summed E-state index contributed by atoms with van der Waals surface area (Å²) in [5, 5.41) is 2.91. The average molecular weight is 569 g/mol. The molecule has 8 nitrogen and oxygen atoms in total. The molecule has 0 aliphatic rings. The highest BCUT2D eigenvalue weighted by atomic mass is 79.9. The summed E-state index contributed by atoms with van der Waals surface area (Å²) in [6.07, 6.45) is 1.78. The molecular weight excluding hydrogens is 534 g/mol. The Balaban J connectivity index is 2.46. The Morgan fingerprint density at radius 1 is 1.14 bits per heavy atom. The molecule has 2 atom stereocenters. The number of benzene rings is 2. The van der Waals surface area contributed by atoms with Crippen LogP contribution in [0.5, 0.6) is 5.75 Å². The van der Waals surface area contributed by atoms with Gasteiger partial charge in [-0.05, 0) is 62.6 Å². The van der Waals surface area contributed by atoms with Crippen LogP contribution in [0.1, 0.15) is 38.3 Å². The molecule has 0 spiro atoms.